The van der Waals surface area contributed by atoms with Crippen molar-refractivity contribution < 1.29 is 9.53 Å². The summed E-state index contributed by atoms with van der Waals surface area (Å²) in [4.78, 5) is 12.2. The van der Waals surface area contributed by atoms with Crippen molar-refractivity contribution in [1.29, 1.82) is 0 Å². The summed E-state index contributed by atoms with van der Waals surface area (Å²) in [5.41, 5.74) is 2.47. The topological polar surface area (TPSA) is 26.3 Å². The molecule has 0 saturated heterocycles. The maximum Gasteiger partial charge on any atom is 0.343 e. The average molecular weight is 274 g/mol. The summed E-state index contributed by atoms with van der Waals surface area (Å²) in [6.45, 7) is 0. The second-order valence-electron chi connectivity index (χ2n) is 4.62. The number of ether oxygens (including phenoxy) is 1. The third-order valence-electron chi connectivity index (χ3n) is 3.18. The van der Waals surface area contributed by atoms with Crippen LogP contribution >= 0.6 is 0 Å². The van der Waals surface area contributed by atoms with Crippen LogP contribution in [0.3, 0.4) is 0 Å². The molecule has 2 heteroatoms. The molecule has 3 rings (SSSR count). The Morgan fingerprint density at radius 3 is 1.95 bits per heavy atom. The van der Waals surface area contributed by atoms with Crippen LogP contribution < -0.4 is 4.74 Å². The van der Waals surface area contributed by atoms with Gasteiger partial charge in [0.15, 0.2) is 0 Å². The van der Waals surface area contributed by atoms with Crippen molar-refractivity contribution in [2.45, 2.75) is 0 Å². The van der Waals surface area contributed by atoms with Gasteiger partial charge in [-0.25, -0.2) is 4.79 Å². The van der Waals surface area contributed by atoms with E-state index in [0.29, 0.717) is 11.3 Å². The van der Waals surface area contributed by atoms with Gasteiger partial charge in [0, 0.05) is 5.56 Å². The summed E-state index contributed by atoms with van der Waals surface area (Å²) >= 11 is 0. The van der Waals surface area contributed by atoms with Gasteiger partial charge in [0.1, 0.15) is 5.75 Å². The van der Waals surface area contributed by atoms with E-state index in [-0.39, 0.29) is 5.97 Å². The Balaban J connectivity index is 1.92. The highest BCUT2D eigenvalue weighted by Crippen LogP contribution is 2.30. The van der Waals surface area contributed by atoms with Crippen LogP contribution in [0.4, 0.5) is 0 Å². The van der Waals surface area contributed by atoms with Gasteiger partial charge in [0.25, 0.3) is 0 Å². The molecule has 0 atom stereocenters. The molecule has 0 amide bonds. The molecular formula is C19H14O2. The molecule has 3 aromatic rings. The van der Waals surface area contributed by atoms with E-state index < -0.39 is 0 Å². The summed E-state index contributed by atoms with van der Waals surface area (Å²) in [5.74, 6) is 0.219. The van der Waals surface area contributed by atoms with Crippen LogP contribution in [-0.4, -0.2) is 5.97 Å². The molecule has 2 nitrogen and oxygen atoms in total. The summed E-state index contributed by atoms with van der Waals surface area (Å²) in [6, 6.07) is 26.4. The molecule has 3 aromatic carbocycles. The number of carbonyl (C=O) groups excluding carboxylic acids is 1. The molecule has 0 N–H and O–H groups in total. The zero-order valence-corrected chi connectivity index (χ0v) is 11.4. The Kier molecular flexibility index (Phi) is 3.79. The molecular weight excluding hydrogens is 260 g/mol. The molecule has 102 valence electrons. The summed E-state index contributed by atoms with van der Waals surface area (Å²) in [7, 11) is 0. The minimum Gasteiger partial charge on any atom is -0.422 e. The maximum atomic E-state index is 12.2. The Morgan fingerprint density at radius 2 is 1.24 bits per heavy atom. The van der Waals surface area contributed by atoms with E-state index >= 15 is 0 Å². The predicted octanol–water partition coefficient (Wildman–Crippen LogP) is 4.57. The monoisotopic (exact) mass is 274 g/mol. The van der Waals surface area contributed by atoms with Crippen molar-refractivity contribution >= 4 is 5.97 Å². The first kappa shape index (κ1) is 13.1. The lowest BCUT2D eigenvalue weighted by Crippen LogP contribution is -2.08. The SMILES string of the molecule is O=C(Oc1ccccc1-c1ccccc1)c1ccccc1. The lowest BCUT2D eigenvalue weighted by molar-refractivity contribution is 0.0735. The summed E-state index contributed by atoms with van der Waals surface area (Å²) in [5, 5.41) is 0. The van der Waals surface area contributed by atoms with E-state index in [1.807, 2.05) is 72.8 Å². The number of para-hydroxylation sites is 1. The Bertz CT molecular complexity index is 734. The van der Waals surface area contributed by atoms with Gasteiger partial charge in [-0.15, -0.1) is 0 Å². The third-order valence-corrected chi connectivity index (χ3v) is 3.18. The fourth-order valence-corrected chi connectivity index (χ4v) is 2.14. The highest BCUT2D eigenvalue weighted by atomic mass is 16.5. The zero-order valence-electron chi connectivity index (χ0n) is 11.4. The van der Waals surface area contributed by atoms with Crippen LogP contribution in [0.25, 0.3) is 11.1 Å². The molecule has 21 heavy (non-hydrogen) atoms. The van der Waals surface area contributed by atoms with E-state index in [1.165, 1.54) is 0 Å². The number of benzene rings is 3. The normalized spacial score (nSPS) is 10.1. The van der Waals surface area contributed by atoms with Crippen molar-refractivity contribution in [2.24, 2.45) is 0 Å². The van der Waals surface area contributed by atoms with Gasteiger partial charge in [0.2, 0.25) is 0 Å². The fraction of sp³-hybridized carbons (Fsp3) is 0. The molecule has 0 bridgehead atoms. The van der Waals surface area contributed by atoms with Crippen molar-refractivity contribution in [3.05, 3.63) is 90.5 Å². The van der Waals surface area contributed by atoms with E-state index in [2.05, 4.69) is 0 Å². The minimum atomic E-state index is -0.348. The van der Waals surface area contributed by atoms with Gasteiger partial charge in [-0.1, -0.05) is 66.7 Å². The predicted molar refractivity (Wildman–Crippen MR) is 83.3 cm³/mol. The summed E-state index contributed by atoms with van der Waals surface area (Å²) < 4.78 is 5.55. The van der Waals surface area contributed by atoms with Gasteiger partial charge in [0.05, 0.1) is 5.56 Å². The van der Waals surface area contributed by atoms with Crippen LogP contribution in [-0.2, 0) is 0 Å². The highest BCUT2D eigenvalue weighted by Gasteiger charge is 2.11. The molecule has 0 aliphatic heterocycles. The molecule has 0 unspecified atom stereocenters. The lowest BCUT2D eigenvalue weighted by Gasteiger charge is -2.10. The lowest BCUT2D eigenvalue weighted by atomic mass is 10.0. The molecule has 0 spiro atoms. The molecule has 0 heterocycles. The van der Waals surface area contributed by atoms with Crippen LogP contribution in [0.15, 0.2) is 84.9 Å². The van der Waals surface area contributed by atoms with Gasteiger partial charge < -0.3 is 4.74 Å². The van der Waals surface area contributed by atoms with E-state index in [4.69, 9.17) is 4.74 Å². The largest absolute Gasteiger partial charge is 0.422 e. The number of hydrogen-bond donors (Lipinski definition) is 0. The molecule has 0 aliphatic carbocycles. The van der Waals surface area contributed by atoms with Crippen molar-refractivity contribution in [1.82, 2.24) is 0 Å². The maximum absolute atomic E-state index is 12.2. The molecule has 0 aliphatic rings. The van der Waals surface area contributed by atoms with Crippen LogP contribution in [0.1, 0.15) is 10.4 Å². The Hall–Kier alpha value is -2.87. The number of rotatable bonds is 3. The molecule has 0 saturated carbocycles. The van der Waals surface area contributed by atoms with Crippen molar-refractivity contribution in [3.8, 4) is 16.9 Å². The molecule has 0 fully saturated rings. The smallest absolute Gasteiger partial charge is 0.343 e. The highest BCUT2D eigenvalue weighted by molar-refractivity contribution is 5.92. The van der Waals surface area contributed by atoms with Gasteiger partial charge in [-0.2, -0.15) is 0 Å². The second-order valence-corrected chi connectivity index (χ2v) is 4.62. The Labute approximate surface area is 123 Å². The van der Waals surface area contributed by atoms with Crippen molar-refractivity contribution in [3.63, 3.8) is 0 Å². The standard InChI is InChI=1S/C19H14O2/c20-19(16-11-5-2-6-12-16)21-18-14-8-7-13-17(18)15-9-3-1-4-10-15/h1-14H. The quantitative estimate of drug-likeness (QED) is 0.516. The van der Waals surface area contributed by atoms with Crippen molar-refractivity contribution in [2.75, 3.05) is 0 Å². The van der Waals surface area contributed by atoms with Gasteiger partial charge in [-0.3, -0.25) is 0 Å². The second kappa shape index (κ2) is 6.06. The van der Waals surface area contributed by atoms with Crippen LogP contribution in [0, 0.1) is 0 Å². The van der Waals surface area contributed by atoms with Crippen LogP contribution in [0.2, 0.25) is 0 Å². The summed E-state index contributed by atoms with van der Waals surface area (Å²) in [6.07, 6.45) is 0. The third kappa shape index (κ3) is 3.00. The molecule has 0 radical (unpaired) electrons. The van der Waals surface area contributed by atoms with E-state index in [1.54, 1.807) is 12.1 Å². The van der Waals surface area contributed by atoms with Gasteiger partial charge >= 0.3 is 5.97 Å². The first-order valence-corrected chi connectivity index (χ1v) is 6.76. The first-order valence-electron chi connectivity index (χ1n) is 6.76. The number of hydrogen-bond acceptors (Lipinski definition) is 2. The first-order chi connectivity index (χ1) is 10.3. The number of carbonyl (C=O) groups is 1. The Morgan fingerprint density at radius 1 is 0.667 bits per heavy atom. The van der Waals surface area contributed by atoms with Crippen LogP contribution in [0.5, 0.6) is 5.75 Å². The van der Waals surface area contributed by atoms with Gasteiger partial charge in [-0.05, 0) is 23.8 Å². The number of esters is 1. The fourth-order valence-electron chi connectivity index (χ4n) is 2.14. The molecule has 0 aromatic heterocycles. The van der Waals surface area contributed by atoms with E-state index in [0.717, 1.165) is 11.1 Å². The van der Waals surface area contributed by atoms with E-state index in [9.17, 15) is 4.79 Å². The average Bonchev–Trinajstić information content (AvgIpc) is 2.57. The minimum absolute atomic E-state index is 0.348. The zero-order chi connectivity index (χ0) is 14.5.